The summed E-state index contributed by atoms with van der Waals surface area (Å²) in [6.45, 7) is 5.79. The fourth-order valence-corrected chi connectivity index (χ4v) is 4.26. The summed E-state index contributed by atoms with van der Waals surface area (Å²) < 4.78 is 10.1. The topological polar surface area (TPSA) is 110 Å². The Kier molecular flexibility index (Phi) is 7.13. The SMILES string of the molecule is CCN1CCC(c2csc3c(NC=O)cccc23)CC1.O=P(O)(O)O. The van der Waals surface area contributed by atoms with Crippen molar-refractivity contribution in [1.29, 1.82) is 0 Å². The molecule has 1 fully saturated rings. The van der Waals surface area contributed by atoms with E-state index in [1.54, 1.807) is 11.3 Å². The molecule has 9 heteroatoms. The normalized spacial score (nSPS) is 16.3. The number of rotatable bonds is 4. The Morgan fingerprint density at radius 2 is 1.96 bits per heavy atom. The lowest BCUT2D eigenvalue weighted by Gasteiger charge is -2.31. The lowest BCUT2D eigenvalue weighted by atomic mass is 9.89. The number of carbonyl (C=O) groups excluding carboxylic acids is 1. The first-order valence-corrected chi connectivity index (χ1v) is 10.5. The monoisotopic (exact) mass is 386 g/mol. The van der Waals surface area contributed by atoms with E-state index in [0.717, 1.165) is 18.6 Å². The molecule has 0 bridgehead atoms. The average Bonchev–Trinajstić information content (AvgIpc) is 2.99. The molecule has 0 radical (unpaired) electrons. The zero-order valence-electron chi connectivity index (χ0n) is 14.0. The van der Waals surface area contributed by atoms with E-state index in [0.29, 0.717) is 5.92 Å². The van der Waals surface area contributed by atoms with E-state index in [1.807, 2.05) is 12.1 Å². The van der Waals surface area contributed by atoms with Crippen LogP contribution < -0.4 is 5.32 Å². The van der Waals surface area contributed by atoms with Gasteiger partial charge in [0, 0.05) is 0 Å². The van der Waals surface area contributed by atoms with Crippen molar-refractivity contribution in [2.24, 2.45) is 0 Å². The van der Waals surface area contributed by atoms with Crippen LogP contribution in [0.1, 0.15) is 31.2 Å². The van der Waals surface area contributed by atoms with Crippen LogP contribution in [0.4, 0.5) is 5.69 Å². The minimum absolute atomic E-state index is 0.665. The highest BCUT2D eigenvalue weighted by atomic mass is 32.1. The van der Waals surface area contributed by atoms with E-state index < -0.39 is 7.82 Å². The molecule has 7 nitrogen and oxygen atoms in total. The number of benzene rings is 1. The highest BCUT2D eigenvalue weighted by molar-refractivity contribution is 7.45. The number of piperidine rings is 1. The summed E-state index contributed by atoms with van der Waals surface area (Å²) in [5.74, 6) is 0.665. The molecule has 1 aromatic carbocycles. The number of carbonyl (C=O) groups is 1. The number of hydrogen-bond donors (Lipinski definition) is 4. The average molecular weight is 386 g/mol. The summed E-state index contributed by atoms with van der Waals surface area (Å²) in [6.07, 6.45) is 3.24. The van der Waals surface area contributed by atoms with Crippen molar-refractivity contribution < 1.29 is 24.0 Å². The van der Waals surface area contributed by atoms with Crippen LogP contribution in [0.2, 0.25) is 0 Å². The summed E-state index contributed by atoms with van der Waals surface area (Å²) >= 11 is 1.75. The quantitative estimate of drug-likeness (QED) is 0.475. The number of fused-ring (bicyclic) bond motifs is 1. The molecule has 4 N–H and O–H groups in total. The predicted octanol–water partition coefficient (Wildman–Crippen LogP) is 2.74. The smallest absolute Gasteiger partial charge is 0.327 e. The number of likely N-dealkylation sites (tertiary alicyclic amines) is 1. The van der Waals surface area contributed by atoms with Gasteiger partial charge in [-0.2, -0.15) is 0 Å². The maximum atomic E-state index is 10.7. The Balaban J connectivity index is 0.000000399. The molecule has 1 aromatic heterocycles. The van der Waals surface area contributed by atoms with Gasteiger partial charge < -0.3 is 24.9 Å². The van der Waals surface area contributed by atoms with Crippen LogP contribution in [-0.2, 0) is 9.36 Å². The molecular weight excluding hydrogens is 363 g/mol. The minimum atomic E-state index is -4.64. The second kappa shape index (κ2) is 8.89. The molecule has 1 aliphatic heterocycles. The summed E-state index contributed by atoms with van der Waals surface area (Å²) in [5, 5.41) is 6.41. The fraction of sp³-hybridized carbons (Fsp3) is 0.438. The first-order chi connectivity index (χ1) is 11.8. The van der Waals surface area contributed by atoms with Crippen molar-refractivity contribution in [3.8, 4) is 0 Å². The van der Waals surface area contributed by atoms with Gasteiger partial charge in [0.2, 0.25) is 6.41 Å². The number of amides is 1. The van der Waals surface area contributed by atoms with Crippen LogP contribution in [0, 0.1) is 0 Å². The Morgan fingerprint density at radius 1 is 1.32 bits per heavy atom. The van der Waals surface area contributed by atoms with Crippen LogP contribution in [-0.4, -0.2) is 45.6 Å². The molecule has 25 heavy (non-hydrogen) atoms. The van der Waals surface area contributed by atoms with Gasteiger partial charge >= 0.3 is 7.82 Å². The van der Waals surface area contributed by atoms with E-state index in [2.05, 4.69) is 28.6 Å². The first-order valence-electron chi connectivity index (χ1n) is 8.04. The van der Waals surface area contributed by atoms with Gasteiger partial charge in [-0.15, -0.1) is 11.3 Å². The Morgan fingerprint density at radius 3 is 2.52 bits per heavy atom. The Labute approximate surface area is 150 Å². The zero-order chi connectivity index (χ0) is 18.4. The van der Waals surface area contributed by atoms with E-state index >= 15 is 0 Å². The van der Waals surface area contributed by atoms with Crippen molar-refractivity contribution in [3.63, 3.8) is 0 Å². The standard InChI is InChI=1S/C16H20N2OS.H3O4P/c1-2-18-8-6-12(7-9-18)14-10-20-16-13(14)4-3-5-15(16)17-11-19;1-5(2,3)4/h3-5,10-12H,2,6-9H2,1H3,(H,17,19);(H3,1,2,3,4). The molecule has 2 heterocycles. The van der Waals surface area contributed by atoms with Crippen molar-refractivity contribution in [2.75, 3.05) is 25.0 Å². The Bertz CT molecular complexity index is 744. The summed E-state index contributed by atoms with van der Waals surface area (Å²) in [5.41, 5.74) is 2.40. The zero-order valence-corrected chi connectivity index (χ0v) is 15.7. The summed E-state index contributed by atoms with van der Waals surface area (Å²) in [7, 11) is -4.64. The first kappa shape index (κ1) is 20.0. The number of thiophene rings is 1. The third-order valence-electron chi connectivity index (χ3n) is 4.32. The van der Waals surface area contributed by atoms with Gasteiger partial charge in [-0.05, 0) is 60.8 Å². The van der Waals surface area contributed by atoms with Gasteiger partial charge in [0.1, 0.15) is 0 Å². The highest BCUT2D eigenvalue weighted by Crippen LogP contribution is 2.39. The third kappa shape index (κ3) is 5.88. The lowest BCUT2D eigenvalue weighted by molar-refractivity contribution is -0.105. The number of nitrogens with zero attached hydrogens (tertiary/aromatic N) is 1. The van der Waals surface area contributed by atoms with Gasteiger partial charge in [-0.3, -0.25) is 4.79 Å². The molecule has 0 saturated carbocycles. The molecule has 0 unspecified atom stereocenters. The van der Waals surface area contributed by atoms with Crippen molar-refractivity contribution in [2.45, 2.75) is 25.7 Å². The predicted molar refractivity (Wildman–Crippen MR) is 99.9 cm³/mol. The third-order valence-corrected chi connectivity index (χ3v) is 5.37. The van der Waals surface area contributed by atoms with Crippen LogP contribution in [0.25, 0.3) is 10.1 Å². The number of hydrogen-bond acceptors (Lipinski definition) is 4. The lowest BCUT2D eigenvalue weighted by Crippen LogP contribution is -2.32. The largest absolute Gasteiger partial charge is 0.466 e. The van der Waals surface area contributed by atoms with Gasteiger partial charge in [0.25, 0.3) is 0 Å². The van der Waals surface area contributed by atoms with E-state index in [-0.39, 0.29) is 0 Å². The molecule has 1 amide bonds. The van der Waals surface area contributed by atoms with Gasteiger partial charge in [-0.25, -0.2) is 4.57 Å². The van der Waals surface area contributed by atoms with Crippen molar-refractivity contribution >= 4 is 41.3 Å². The molecule has 0 aliphatic carbocycles. The van der Waals surface area contributed by atoms with E-state index in [4.69, 9.17) is 19.2 Å². The summed E-state index contributed by atoms with van der Waals surface area (Å²) in [6, 6.07) is 6.19. The second-order valence-corrected chi connectivity index (χ2v) is 7.76. The van der Waals surface area contributed by atoms with E-state index in [1.165, 1.54) is 41.6 Å². The molecular formula is C16H23N2O5PS. The second-order valence-electron chi connectivity index (χ2n) is 5.86. The van der Waals surface area contributed by atoms with Crippen LogP contribution >= 0.6 is 19.2 Å². The minimum Gasteiger partial charge on any atom is -0.327 e. The summed E-state index contributed by atoms with van der Waals surface area (Å²) in [4.78, 5) is 34.8. The maximum absolute atomic E-state index is 10.7. The number of anilines is 1. The molecule has 3 rings (SSSR count). The molecule has 2 aromatic rings. The van der Waals surface area contributed by atoms with Gasteiger partial charge in [-0.1, -0.05) is 19.1 Å². The number of nitrogens with one attached hydrogen (secondary N) is 1. The van der Waals surface area contributed by atoms with E-state index in [9.17, 15) is 4.79 Å². The highest BCUT2D eigenvalue weighted by Gasteiger charge is 2.22. The van der Waals surface area contributed by atoms with Gasteiger partial charge in [0.05, 0.1) is 10.4 Å². The molecule has 0 spiro atoms. The van der Waals surface area contributed by atoms with Crippen LogP contribution in [0.15, 0.2) is 23.6 Å². The maximum Gasteiger partial charge on any atom is 0.466 e. The molecule has 138 valence electrons. The van der Waals surface area contributed by atoms with Crippen LogP contribution in [0.5, 0.6) is 0 Å². The molecule has 1 saturated heterocycles. The van der Waals surface area contributed by atoms with Crippen LogP contribution in [0.3, 0.4) is 0 Å². The van der Waals surface area contributed by atoms with Crippen molar-refractivity contribution in [1.82, 2.24) is 4.90 Å². The number of phosphoric acid groups is 1. The molecule has 0 atom stereocenters. The van der Waals surface area contributed by atoms with Gasteiger partial charge in [0.15, 0.2) is 0 Å². The molecule has 1 aliphatic rings. The van der Waals surface area contributed by atoms with Crippen molar-refractivity contribution in [3.05, 3.63) is 29.1 Å². The Hall–Kier alpha value is -1.28. The fourth-order valence-electron chi connectivity index (χ4n) is 3.13.